The minimum absolute atomic E-state index is 0.0910. The summed E-state index contributed by atoms with van der Waals surface area (Å²) in [6.45, 7) is 7.62. The van der Waals surface area contributed by atoms with E-state index in [2.05, 4.69) is 25.3 Å². The van der Waals surface area contributed by atoms with Crippen LogP contribution in [0.5, 0.6) is 11.5 Å². The number of amides is 6. The summed E-state index contributed by atoms with van der Waals surface area (Å²) in [6, 6.07) is 8.25. The number of hydrogen-bond acceptors (Lipinski definition) is 12. The van der Waals surface area contributed by atoms with E-state index in [-0.39, 0.29) is 37.4 Å². The molecule has 18 nitrogen and oxygen atoms in total. The van der Waals surface area contributed by atoms with Crippen molar-refractivity contribution in [1.29, 1.82) is 0 Å². The van der Waals surface area contributed by atoms with Crippen LogP contribution in [0.2, 0.25) is 0 Å². The fourth-order valence-electron chi connectivity index (χ4n) is 9.58. The minimum atomic E-state index is -0.974. The number of urea groups is 1. The van der Waals surface area contributed by atoms with E-state index in [0.29, 0.717) is 42.1 Å². The Hall–Kier alpha value is -6.27. The molecule has 63 heavy (non-hydrogen) atoms. The van der Waals surface area contributed by atoms with Crippen LogP contribution < -0.4 is 30.6 Å². The van der Waals surface area contributed by atoms with E-state index in [4.69, 9.17) is 19.4 Å². The molecule has 1 atom stereocenters. The lowest BCUT2D eigenvalue weighted by atomic mass is 9.91. The van der Waals surface area contributed by atoms with Crippen LogP contribution in [-0.4, -0.2) is 145 Å². The van der Waals surface area contributed by atoms with Gasteiger partial charge in [-0.15, -0.1) is 0 Å². The second kappa shape index (κ2) is 19.4. The largest absolute Gasteiger partial charge is 0.496 e. The number of piperidine rings is 2. The van der Waals surface area contributed by atoms with Gasteiger partial charge in [-0.3, -0.25) is 48.8 Å². The molecular weight excluding hydrogens is 813 g/mol. The summed E-state index contributed by atoms with van der Waals surface area (Å²) in [7, 11) is 6.70. The predicted molar refractivity (Wildman–Crippen MR) is 232 cm³/mol. The number of imide groups is 2. The van der Waals surface area contributed by atoms with Crippen LogP contribution in [-0.2, 0) is 40.9 Å². The van der Waals surface area contributed by atoms with Gasteiger partial charge in [-0.05, 0) is 99.1 Å². The molecule has 3 aromatic rings. The Morgan fingerprint density at radius 1 is 0.841 bits per heavy atom. The van der Waals surface area contributed by atoms with Gasteiger partial charge in [0.25, 0.3) is 23.8 Å². The normalized spacial score (nSPS) is 19.5. The van der Waals surface area contributed by atoms with Crippen molar-refractivity contribution in [3.8, 4) is 22.6 Å². The Bertz CT molecular complexity index is 2310. The van der Waals surface area contributed by atoms with Gasteiger partial charge >= 0.3 is 6.03 Å². The smallest absolute Gasteiger partial charge is 0.317 e. The van der Waals surface area contributed by atoms with Crippen LogP contribution in [0.25, 0.3) is 11.1 Å². The number of carboxylic acid groups (broad SMARTS) is 1. The lowest BCUT2D eigenvalue weighted by Crippen LogP contribution is -2.54. The number of aromatic nitrogens is 1. The van der Waals surface area contributed by atoms with Crippen LogP contribution in [0.3, 0.4) is 0 Å². The van der Waals surface area contributed by atoms with Crippen LogP contribution in [0.4, 0.5) is 10.5 Å². The topological polar surface area (TPSA) is 203 Å². The maximum absolute atomic E-state index is 13.4. The molecule has 0 aliphatic carbocycles. The van der Waals surface area contributed by atoms with E-state index >= 15 is 0 Å². The number of aryl methyl sites for hydroxylation is 1. The first-order chi connectivity index (χ1) is 30.4. The van der Waals surface area contributed by atoms with E-state index in [9.17, 15) is 28.8 Å². The van der Waals surface area contributed by atoms with Gasteiger partial charge in [0, 0.05) is 82.8 Å². The van der Waals surface area contributed by atoms with Gasteiger partial charge in [0.2, 0.25) is 11.8 Å². The van der Waals surface area contributed by atoms with Gasteiger partial charge in [0.1, 0.15) is 17.5 Å². The van der Waals surface area contributed by atoms with E-state index < -0.39 is 29.7 Å². The van der Waals surface area contributed by atoms with Crippen molar-refractivity contribution >= 4 is 41.8 Å². The van der Waals surface area contributed by atoms with Crippen molar-refractivity contribution < 1.29 is 43.3 Å². The van der Waals surface area contributed by atoms with Crippen molar-refractivity contribution in [1.82, 2.24) is 34.8 Å². The number of rotatable bonds is 10. The zero-order valence-corrected chi connectivity index (χ0v) is 36.3. The van der Waals surface area contributed by atoms with Gasteiger partial charge in [0.15, 0.2) is 0 Å². The third kappa shape index (κ3) is 9.27. The predicted octanol–water partition coefficient (Wildman–Crippen LogP) is 2.29. The molecule has 3 saturated heterocycles. The summed E-state index contributed by atoms with van der Waals surface area (Å²) in [5.41, 5.74) is 5.82. The fraction of sp³-hybridized carbons (Fsp3) is 0.489. The van der Waals surface area contributed by atoms with Crippen LogP contribution >= 0.6 is 0 Å². The molecule has 0 saturated carbocycles. The van der Waals surface area contributed by atoms with Crippen molar-refractivity contribution in [3.63, 3.8) is 0 Å². The molecule has 3 fully saturated rings. The number of piperazine rings is 1. The Kier molecular flexibility index (Phi) is 13.8. The van der Waals surface area contributed by atoms with Crippen molar-refractivity contribution in [2.24, 2.45) is 13.0 Å². The summed E-state index contributed by atoms with van der Waals surface area (Å²) in [6.07, 6.45) is 6.02. The number of hydrogen-bond donors (Lipinski definition) is 3. The van der Waals surface area contributed by atoms with E-state index in [0.717, 1.165) is 109 Å². The van der Waals surface area contributed by atoms with E-state index in [1.54, 1.807) is 49.9 Å². The molecule has 0 spiro atoms. The van der Waals surface area contributed by atoms with Crippen molar-refractivity contribution in [3.05, 3.63) is 74.7 Å². The van der Waals surface area contributed by atoms with Gasteiger partial charge in [0.05, 0.1) is 37.5 Å². The Morgan fingerprint density at radius 2 is 1.51 bits per heavy atom. The molecule has 18 heteroatoms. The molecule has 8 rings (SSSR count). The Labute approximate surface area is 365 Å². The zero-order valence-electron chi connectivity index (χ0n) is 36.3. The van der Waals surface area contributed by atoms with Crippen LogP contribution in [0, 0.1) is 5.92 Å². The summed E-state index contributed by atoms with van der Waals surface area (Å²) in [5.74, 6) is 0.142. The maximum Gasteiger partial charge on any atom is 0.317 e. The summed E-state index contributed by atoms with van der Waals surface area (Å²) in [4.78, 5) is 94.4. The van der Waals surface area contributed by atoms with Gasteiger partial charge in [-0.25, -0.2) is 4.79 Å². The number of fused-ring (bicyclic) bond motifs is 2. The van der Waals surface area contributed by atoms with E-state index in [1.807, 2.05) is 24.4 Å². The first kappa shape index (κ1) is 44.8. The lowest BCUT2D eigenvalue weighted by Gasteiger charge is -2.38. The number of methoxy groups -OCH3 is 2. The molecule has 0 radical (unpaired) electrons. The summed E-state index contributed by atoms with van der Waals surface area (Å²) >= 11 is 0. The van der Waals surface area contributed by atoms with Crippen molar-refractivity contribution in [2.75, 3.05) is 78.5 Å². The number of nitrogens with zero attached hydrogens (tertiary/aromatic N) is 6. The van der Waals surface area contributed by atoms with Crippen LogP contribution in [0.1, 0.15) is 69.5 Å². The number of carbonyl (C=O) groups is 6. The van der Waals surface area contributed by atoms with E-state index in [1.165, 1.54) is 0 Å². The first-order valence-electron chi connectivity index (χ1n) is 21.5. The third-order valence-corrected chi connectivity index (χ3v) is 13.1. The van der Waals surface area contributed by atoms with Gasteiger partial charge < -0.3 is 34.3 Å². The average molecular weight is 869 g/mol. The zero-order chi connectivity index (χ0) is 44.9. The summed E-state index contributed by atoms with van der Waals surface area (Å²) < 4.78 is 13.5. The quantitative estimate of drug-likeness (QED) is 0.198. The molecular formula is C45H56N8O10. The number of ether oxygens (including phenoxy) is 2. The number of pyridine rings is 1. The molecule has 5 aliphatic rings. The number of carbonyl (C=O) groups excluding carboxylic acids is 5. The van der Waals surface area contributed by atoms with Crippen molar-refractivity contribution in [2.45, 2.75) is 57.7 Å². The highest BCUT2D eigenvalue weighted by Crippen LogP contribution is 2.39. The summed E-state index contributed by atoms with van der Waals surface area (Å²) in [5, 5.41) is 11.8. The molecule has 5 aliphatic heterocycles. The molecule has 1 unspecified atom stereocenters. The highest BCUT2D eigenvalue weighted by Gasteiger charge is 2.45. The second-order valence-electron chi connectivity index (χ2n) is 16.6. The molecule has 0 bridgehead atoms. The number of likely N-dealkylation sites (tertiary alicyclic amines) is 1. The molecule has 6 heterocycles. The van der Waals surface area contributed by atoms with Gasteiger partial charge in [-0.1, -0.05) is 0 Å². The molecule has 1 aromatic heterocycles. The standard InChI is InChI=1S/C44H54N8O8.CH2O2/c1-45-44(58)51-16-12-30-33(24-47(2)41(55)34(30)26-51)28-21-37(59-3)35(38(22-28)60-4)25-49-14-10-27(11-15-49)9-13-48-17-19-50(20-18-48)29-5-6-31-32(23-29)43(57)52(42(31)56)36-7-8-39(53)46-40(36)54;2-1-3/h5-6,21-24,27,36H,7-20,25-26H2,1-4H3,(H,45,58)(H,46,53,54);1H,(H,2,3). The highest BCUT2D eigenvalue weighted by molar-refractivity contribution is 6.23. The third-order valence-electron chi connectivity index (χ3n) is 13.1. The lowest BCUT2D eigenvalue weighted by molar-refractivity contribution is -0.136. The molecule has 3 N–H and O–H groups in total. The molecule has 336 valence electrons. The Balaban J connectivity index is 0.00000193. The van der Waals surface area contributed by atoms with Gasteiger partial charge in [-0.2, -0.15) is 0 Å². The minimum Gasteiger partial charge on any atom is -0.496 e. The maximum atomic E-state index is 13.4. The second-order valence-corrected chi connectivity index (χ2v) is 16.6. The number of nitrogens with one attached hydrogen (secondary N) is 2. The Morgan fingerprint density at radius 3 is 2.14 bits per heavy atom. The number of anilines is 1. The average Bonchev–Trinajstić information content (AvgIpc) is 3.54. The molecule has 6 amide bonds. The number of benzene rings is 2. The van der Waals surface area contributed by atoms with Crippen LogP contribution in [0.15, 0.2) is 41.3 Å². The highest BCUT2D eigenvalue weighted by atomic mass is 16.5. The SMILES string of the molecule is CNC(=O)N1CCc2c(-c3cc(OC)c(CN4CCC(CCN5CCN(c6ccc7c(c6)C(=O)N(C6CCC(=O)NC6=O)C7=O)CC5)CC4)c(OC)c3)cn(C)c(=O)c2C1.O=CO. The fourth-order valence-corrected chi connectivity index (χ4v) is 9.58. The first-order valence-corrected chi connectivity index (χ1v) is 21.5. The monoisotopic (exact) mass is 868 g/mol. The molecule has 2 aromatic carbocycles.